The van der Waals surface area contributed by atoms with E-state index < -0.39 is 0 Å². The molecular weight excluding hydrogens is 275 g/mol. The van der Waals surface area contributed by atoms with Crippen LogP contribution in [-0.2, 0) is 4.79 Å². The number of halogens is 1. The number of aliphatic hydroxyl groups is 1. The molecule has 1 aromatic carbocycles. The van der Waals surface area contributed by atoms with Gasteiger partial charge in [-0.2, -0.15) is 0 Å². The largest absolute Gasteiger partial charge is 0.493 e. The maximum absolute atomic E-state index is 13.1. The van der Waals surface area contributed by atoms with Crippen LogP contribution < -0.4 is 15.4 Å². The second-order valence-electron chi connectivity index (χ2n) is 5.24. The maximum atomic E-state index is 13.1. The first-order chi connectivity index (χ1) is 10.2. The van der Waals surface area contributed by atoms with Crippen LogP contribution in [0.2, 0.25) is 0 Å². The minimum absolute atomic E-state index is 0.0491. The normalized spacial score (nSPS) is 21.8. The summed E-state index contributed by atoms with van der Waals surface area (Å²) in [7, 11) is 0. The Morgan fingerprint density at radius 3 is 3.10 bits per heavy atom. The Bertz CT molecular complexity index is 470. The van der Waals surface area contributed by atoms with Gasteiger partial charge in [0, 0.05) is 31.6 Å². The number of aliphatic hydroxyl groups excluding tert-OH is 1. The smallest absolute Gasteiger partial charge is 0.224 e. The summed E-state index contributed by atoms with van der Waals surface area (Å²) < 4.78 is 18.6. The molecule has 0 aliphatic carbocycles. The number of amides is 1. The zero-order valence-corrected chi connectivity index (χ0v) is 11.8. The molecule has 2 atom stereocenters. The number of hydrogen-bond donors (Lipinski definition) is 3. The molecule has 1 aliphatic heterocycles. The summed E-state index contributed by atoms with van der Waals surface area (Å²) in [5.74, 6) is 0.211. The summed E-state index contributed by atoms with van der Waals surface area (Å²) in [5, 5.41) is 14.6. The number of nitrogens with one attached hydrogen (secondary N) is 2. The van der Waals surface area contributed by atoms with Crippen molar-refractivity contribution in [1.82, 2.24) is 10.6 Å². The second kappa shape index (κ2) is 7.95. The standard InChI is InChI=1S/C15H21FN2O3/c16-13-2-1-3-14(7-13)21-10-11-6-12(9-17-8-11)15(20)18-4-5-19/h1-3,7,11-12,17,19H,4-6,8-10H2,(H,18,20)/t11-,12+/m0/s1. The molecule has 116 valence electrons. The predicted molar refractivity (Wildman–Crippen MR) is 76.5 cm³/mol. The fourth-order valence-corrected chi connectivity index (χ4v) is 2.45. The topological polar surface area (TPSA) is 70.6 Å². The molecule has 1 aliphatic rings. The van der Waals surface area contributed by atoms with Gasteiger partial charge < -0.3 is 20.5 Å². The second-order valence-corrected chi connectivity index (χ2v) is 5.24. The summed E-state index contributed by atoms with van der Waals surface area (Å²) in [6.45, 7) is 2.07. The van der Waals surface area contributed by atoms with Crippen LogP contribution in [0.3, 0.4) is 0 Å². The number of hydrogen-bond acceptors (Lipinski definition) is 4. The van der Waals surface area contributed by atoms with Crippen LogP contribution >= 0.6 is 0 Å². The van der Waals surface area contributed by atoms with Crippen LogP contribution in [-0.4, -0.2) is 43.9 Å². The Labute approximate surface area is 123 Å². The summed E-state index contributed by atoms with van der Waals surface area (Å²) in [4.78, 5) is 11.9. The summed E-state index contributed by atoms with van der Waals surface area (Å²) in [6, 6.07) is 6.04. The third-order valence-electron chi connectivity index (χ3n) is 3.51. The highest BCUT2D eigenvalue weighted by Crippen LogP contribution is 2.19. The molecule has 21 heavy (non-hydrogen) atoms. The molecule has 0 saturated carbocycles. The van der Waals surface area contributed by atoms with E-state index in [9.17, 15) is 9.18 Å². The van der Waals surface area contributed by atoms with Gasteiger partial charge in [0.25, 0.3) is 0 Å². The van der Waals surface area contributed by atoms with Crippen LogP contribution in [0, 0.1) is 17.7 Å². The van der Waals surface area contributed by atoms with E-state index in [-0.39, 0.29) is 36.7 Å². The molecule has 6 heteroatoms. The molecule has 3 N–H and O–H groups in total. The van der Waals surface area contributed by atoms with E-state index in [1.807, 2.05) is 0 Å². The van der Waals surface area contributed by atoms with Crippen molar-refractivity contribution < 1.29 is 19.0 Å². The van der Waals surface area contributed by atoms with Gasteiger partial charge in [0.15, 0.2) is 0 Å². The van der Waals surface area contributed by atoms with E-state index in [1.165, 1.54) is 12.1 Å². The third kappa shape index (κ3) is 4.99. The lowest BCUT2D eigenvalue weighted by molar-refractivity contribution is -0.126. The van der Waals surface area contributed by atoms with Crippen LogP contribution in [0.15, 0.2) is 24.3 Å². The first-order valence-corrected chi connectivity index (χ1v) is 7.16. The van der Waals surface area contributed by atoms with E-state index in [0.29, 0.717) is 18.9 Å². The summed E-state index contributed by atoms with van der Waals surface area (Å²) >= 11 is 0. The number of piperidine rings is 1. The molecule has 1 amide bonds. The Morgan fingerprint density at radius 1 is 1.48 bits per heavy atom. The first-order valence-electron chi connectivity index (χ1n) is 7.16. The van der Waals surface area contributed by atoms with E-state index in [4.69, 9.17) is 9.84 Å². The molecule has 1 aromatic rings. The zero-order chi connectivity index (χ0) is 15.1. The van der Waals surface area contributed by atoms with Gasteiger partial charge in [0.05, 0.1) is 19.1 Å². The number of carbonyl (C=O) groups excluding carboxylic acids is 1. The molecule has 0 spiro atoms. The van der Waals surface area contributed by atoms with Crippen molar-refractivity contribution >= 4 is 5.91 Å². The minimum atomic E-state index is -0.324. The van der Waals surface area contributed by atoms with E-state index in [1.54, 1.807) is 12.1 Å². The fourth-order valence-electron chi connectivity index (χ4n) is 2.45. The van der Waals surface area contributed by atoms with Crippen molar-refractivity contribution in [3.63, 3.8) is 0 Å². The Kier molecular flexibility index (Phi) is 5.95. The molecule has 0 radical (unpaired) electrons. The van der Waals surface area contributed by atoms with Crippen molar-refractivity contribution in [1.29, 1.82) is 0 Å². The lowest BCUT2D eigenvalue weighted by atomic mass is 9.90. The van der Waals surface area contributed by atoms with Crippen LogP contribution in [0.4, 0.5) is 4.39 Å². The van der Waals surface area contributed by atoms with E-state index >= 15 is 0 Å². The summed E-state index contributed by atoms with van der Waals surface area (Å²) in [6.07, 6.45) is 0.722. The molecule has 1 saturated heterocycles. The van der Waals surface area contributed by atoms with Crippen molar-refractivity contribution in [2.75, 3.05) is 32.8 Å². The predicted octanol–water partition coefficient (Wildman–Crippen LogP) is 0.539. The van der Waals surface area contributed by atoms with Gasteiger partial charge >= 0.3 is 0 Å². The molecule has 0 aromatic heterocycles. The average Bonchev–Trinajstić information content (AvgIpc) is 2.51. The van der Waals surface area contributed by atoms with Crippen LogP contribution in [0.5, 0.6) is 5.75 Å². The van der Waals surface area contributed by atoms with Crippen LogP contribution in [0.1, 0.15) is 6.42 Å². The number of benzene rings is 1. The van der Waals surface area contributed by atoms with E-state index in [0.717, 1.165) is 13.0 Å². The number of ether oxygens (including phenoxy) is 1. The third-order valence-corrected chi connectivity index (χ3v) is 3.51. The number of carbonyl (C=O) groups is 1. The Morgan fingerprint density at radius 2 is 2.33 bits per heavy atom. The van der Waals surface area contributed by atoms with Crippen molar-refractivity contribution in [3.05, 3.63) is 30.1 Å². The van der Waals surface area contributed by atoms with Gasteiger partial charge in [-0.1, -0.05) is 6.07 Å². The summed E-state index contributed by atoms with van der Waals surface area (Å²) in [5.41, 5.74) is 0. The van der Waals surface area contributed by atoms with E-state index in [2.05, 4.69) is 10.6 Å². The molecule has 2 rings (SSSR count). The van der Waals surface area contributed by atoms with Gasteiger partial charge in [-0.3, -0.25) is 4.79 Å². The Balaban J connectivity index is 1.80. The number of rotatable bonds is 6. The molecule has 5 nitrogen and oxygen atoms in total. The SMILES string of the molecule is O=C(NCCO)[C@H]1CNC[C@@H](COc2cccc(F)c2)C1. The monoisotopic (exact) mass is 296 g/mol. The van der Waals surface area contributed by atoms with Gasteiger partial charge in [-0.05, 0) is 18.6 Å². The molecular formula is C15H21FN2O3. The maximum Gasteiger partial charge on any atom is 0.224 e. The quantitative estimate of drug-likeness (QED) is 0.716. The fraction of sp³-hybridized carbons (Fsp3) is 0.533. The molecule has 0 unspecified atom stereocenters. The molecule has 1 fully saturated rings. The molecule has 0 bridgehead atoms. The zero-order valence-electron chi connectivity index (χ0n) is 11.8. The van der Waals surface area contributed by atoms with Gasteiger partial charge in [-0.25, -0.2) is 4.39 Å². The Hall–Kier alpha value is -1.66. The van der Waals surface area contributed by atoms with Gasteiger partial charge in [0.1, 0.15) is 11.6 Å². The average molecular weight is 296 g/mol. The first kappa shape index (κ1) is 15.7. The lowest BCUT2D eigenvalue weighted by Gasteiger charge is -2.29. The van der Waals surface area contributed by atoms with Crippen molar-refractivity contribution in [2.45, 2.75) is 6.42 Å². The highest BCUT2D eigenvalue weighted by molar-refractivity contribution is 5.79. The molecule has 1 heterocycles. The highest BCUT2D eigenvalue weighted by Gasteiger charge is 2.27. The van der Waals surface area contributed by atoms with Gasteiger partial charge in [0.2, 0.25) is 5.91 Å². The van der Waals surface area contributed by atoms with Crippen molar-refractivity contribution in [3.8, 4) is 5.75 Å². The van der Waals surface area contributed by atoms with Gasteiger partial charge in [-0.15, -0.1) is 0 Å². The van der Waals surface area contributed by atoms with Crippen LogP contribution in [0.25, 0.3) is 0 Å². The lowest BCUT2D eigenvalue weighted by Crippen LogP contribution is -2.45. The highest BCUT2D eigenvalue weighted by atomic mass is 19.1. The van der Waals surface area contributed by atoms with Crippen molar-refractivity contribution in [2.24, 2.45) is 11.8 Å². The minimum Gasteiger partial charge on any atom is -0.493 e.